The summed E-state index contributed by atoms with van der Waals surface area (Å²) in [5, 5.41) is 12.7. The maximum atomic E-state index is 12.9. The molecule has 0 bridgehead atoms. The number of anilines is 1. The lowest BCUT2D eigenvalue weighted by Crippen LogP contribution is -2.35. The van der Waals surface area contributed by atoms with E-state index in [1.807, 2.05) is 0 Å². The van der Waals surface area contributed by atoms with Crippen LogP contribution in [0.2, 0.25) is 0 Å². The van der Waals surface area contributed by atoms with Crippen molar-refractivity contribution >= 4 is 15.7 Å². The number of benzene rings is 2. The average molecular weight is 435 g/mol. The molecule has 1 fully saturated rings. The van der Waals surface area contributed by atoms with Crippen LogP contribution in [0.4, 0.5) is 5.82 Å². The van der Waals surface area contributed by atoms with Crippen LogP contribution in [0, 0.1) is 11.8 Å². The number of rotatable bonds is 3. The maximum Gasteiger partial charge on any atom is 0.181 e. The molecule has 7 nitrogen and oxygen atoms in total. The summed E-state index contributed by atoms with van der Waals surface area (Å²) < 4.78 is 25.7. The van der Waals surface area contributed by atoms with Crippen LogP contribution < -0.4 is 11.1 Å². The molecular weight excluding hydrogens is 412 g/mol. The second kappa shape index (κ2) is 8.76. The smallest absolute Gasteiger partial charge is 0.181 e. The van der Waals surface area contributed by atoms with Gasteiger partial charge in [-0.25, -0.2) is 18.4 Å². The molecule has 1 aromatic heterocycles. The molecule has 31 heavy (non-hydrogen) atoms. The fraction of sp³-hybridized carbons (Fsp3) is 0.217. The van der Waals surface area contributed by atoms with Crippen molar-refractivity contribution in [1.29, 1.82) is 0 Å². The van der Waals surface area contributed by atoms with Crippen molar-refractivity contribution in [2.45, 2.75) is 23.0 Å². The Hall–Kier alpha value is -3.41. The quantitative estimate of drug-likeness (QED) is 0.542. The van der Waals surface area contributed by atoms with Crippen molar-refractivity contribution in [3.8, 4) is 28.8 Å². The Morgan fingerprint density at radius 1 is 1.03 bits per heavy atom. The molecule has 0 spiro atoms. The summed E-state index contributed by atoms with van der Waals surface area (Å²) >= 11 is 0. The number of phenolic OH excluding ortho intramolecular Hbond substituents is 1. The third-order valence-electron chi connectivity index (χ3n) is 5.22. The molecule has 0 atom stereocenters. The number of nitrogen functional groups attached to an aromatic ring is 1. The number of nitrogens with one attached hydrogen (secondary N) is 1. The number of nitrogens with zero attached hydrogens (tertiary/aromatic N) is 2. The van der Waals surface area contributed by atoms with Crippen LogP contribution in [0.1, 0.15) is 24.1 Å². The molecule has 0 amide bonds. The number of sulfone groups is 1. The van der Waals surface area contributed by atoms with Crippen molar-refractivity contribution < 1.29 is 13.5 Å². The molecule has 0 aliphatic carbocycles. The Kier molecular flexibility index (Phi) is 5.89. The molecule has 8 heteroatoms. The first-order valence-electron chi connectivity index (χ1n) is 9.93. The third kappa shape index (κ3) is 4.53. The Labute approximate surface area is 181 Å². The summed E-state index contributed by atoms with van der Waals surface area (Å²) in [7, 11) is -3.36. The topological polar surface area (TPSA) is 118 Å². The zero-order chi connectivity index (χ0) is 21.8. The van der Waals surface area contributed by atoms with Crippen molar-refractivity contribution in [3.63, 3.8) is 0 Å². The highest BCUT2D eigenvalue weighted by atomic mass is 32.2. The first-order valence-corrected chi connectivity index (χ1v) is 11.5. The van der Waals surface area contributed by atoms with Crippen LogP contribution in [0.15, 0.2) is 59.6 Å². The molecule has 0 radical (unpaired) electrons. The third-order valence-corrected chi connectivity index (χ3v) is 7.50. The van der Waals surface area contributed by atoms with E-state index in [1.54, 1.807) is 48.5 Å². The predicted octanol–water partition coefficient (Wildman–Crippen LogP) is 2.36. The summed E-state index contributed by atoms with van der Waals surface area (Å²) in [5.74, 6) is 5.95. The van der Waals surface area contributed by atoms with Crippen LogP contribution in [0.3, 0.4) is 0 Å². The Balaban J connectivity index is 1.61. The summed E-state index contributed by atoms with van der Waals surface area (Å²) in [6, 6.07) is 13.4. The van der Waals surface area contributed by atoms with Gasteiger partial charge in [-0.15, -0.1) is 0 Å². The van der Waals surface area contributed by atoms with Gasteiger partial charge in [-0.3, -0.25) is 0 Å². The molecule has 4 N–H and O–H groups in total. The number of nitrogens with two attached hydrogens (primary N) is 1. The number of piperidine rings is 1. The van der Waals surface area contributed by atoms with E-state index in [4.69, 9.17) is 5.73 Å². The number of para-hydroxylation sites is 1. The van der Waals surface area contributed by atoms with Gasteiger partial charge in [0.25, 0.3) is 0 Å². The summed E-state index contributed by atoms with van der Waals surface area (Å²) in [6.07, 6.45) is 2.76. The van der Waals surface area contributed by atoms with Gasteiger partial charge in [0.1, 0.15) is 5.75 Å². The standard InChI is InChI=1S/C23H22N4O3S/c24-23-20(10-7-17-3-1-2-4-22(17)28)27-21(15-26-23)16-5-8-18(9-6-16)31(29,30)19-11-13-25-14-12-19/h1-6,8-9,15,19,25,28H,11-14H2,(H2,24,26). The Bertz CT molecular complexity index is 1260. The van der Waals surface area contributed by atoms with E-state index >= 15 is 0 Å². The maximum absolute atomic E-state index is 12.9. The predicted molar refractivity (Wildman–Crippen MR) is 119 cm³/mol. The average Bonchev–Trinajstić information content (AvgIpc) is 2.80. The molecule has 1 aliphatic heterocycles. The summed E-state index contributed by atoms with van der Waals surface area (Å²) in [5.41, 5.74) is 7.89. The highest BCUT2D eigenvalue weighted by Crippen LogP contribution is 2.25. The van der Waals surface area contributed by atoms with Crippen molar-refractivity contribution in [1.82, 2.24) is 15.3 Å². The monoisotopic (exact) mass is 434 g/mol. The fourth-order valence-electron chi connectivity index (χ4n) is 3.45. The van der Waals surface area contributed by atoms with E-state index in [9.17, 15) is 13.5 Å². The minimum Gasteiger partial charge on any atom is -0.507 e. The molecule has 2 heterocycles. The second-order valence-electron chi connectivity index (χ2n) is 7.27. The largest absolute Gasteiger partial charge is 0.507 e. The van der Waals surface area contributed by atoms with Crippen molar-refractivity contribution in [2.24, 2.45) is 0 Å². The molecule has 0 unspecified atom stereocenters. The van der Waals surface area contributed by atoms with Gasteiger partial charge in [0.15, 0.2) is 21.3 Å². The highest BCUT2D eigenvalue weighted by molar-refractivity contribution is 7.92. The first kappa shape index (κ1) is 20.8. The SMILES string of the molecule is Nc1ncc(-c2ccc(S(=O)(=O)C3CCNCC3)cc2)nc1C#Cc1ccccc1O. The fourth-order valence-corrected chi connectivity index (χ4v) is 5.21. The second-order valence-corrected chi connectivity index (χ2v) is 9.50. The number of phenols is 1. The number of hydrogen-bond acceptors (Lipinski definition) is 7. The Morgan fingerprint density at radius 3 is 2.45 bits per heavy atom. The van der Waals surface area contributed by atoms with E-state index in [2.05, 4.69) is 27.1 Å². The van der Waals surface area contributed by atoms with E-state index in [-0.39, 0.29) is 22.5 Å². The normalized spacial score (nSPS) is 14.6. The van der Waals surface area contributed by atoms with Crippen LogP contribution in [0.5, 0.6) is 5.75 Å². The molecule has 0 saturated carbocycles. The summed E-state index contributed by atoms with van der Waals surface area (Å²) in [6.45, 7) is 1.43. The molecule has 1 saturated heterocycles. The van der Waals surface area contributed by atoms with Crippen LogP contribution in [0.25, 0.3) is 11.3 Å². The van der Waals surface area contributed by atoms with E-state index in [1.165, 1.54) is 6.20 Å². The minimum atomic E-state index is -3.36. The lowest BCUT2D eigenvalue weighted by Gasteiger charge is -2.22. The van der Waals surface area contributed by atoms with Gasteiger partial charge in [0.2, 0.25) is 0 Å². The zero-order valence-electron chi connectivity index (χ0n) is 16.7. The van der Waals surface area contributed by atoms with Gasteiger partial charge < -0.3 is 16.2 Å². The van der Waals surface area contributed by atoms with Crippen LogP contribution in [-0.2, 0) is 9.84 Å². The van der Waals surface area contributed by atoms with Gasteiger partial charge >= 0.3 is 0 Å². The highest BCUT2D eigenvalue weighted by Gasteiger charge is 2.28. The molecule has 3 aromatic rings. The van der Waals surface area contributed by atoms with E-state index in [0.29, 0.717) is 47.6 Å². The van der Waals surface area contributed by atoms with Gasteiger partial charge in [-0.1, -0.05) is 30.2 Å². The first-order chi connectivity index (χ1) is 14.9. The minimum absolute atomic E-state index is 0.0724. The van der Waals surface area contributed by atoms with Crippen molar-refractivity contribution in [3.05, 3.63) is 66.0 Å². The zero-order valence-corrected chi connectivity index (χ0v) is 17.6. The molecule has 4 rings (SSSR count). The lowest BCUT2D eigenvalue weighted by atomic mass is 10.1. The van der Waals surface area contributed by atoms with Crippen LogP contribution in [-0.4, -0.2) is 41.8 Å². The van der Waals surface area contributed by atoms with Crippen LogP contribution >= 0.6 is 0 Å². The van der Waals surface area contributed by atoms with Gasteiger partial charge in [-0.2, -0.15) is 0 Å². The van der Waals surface area contributed by atoms with Gasteiger partial charge in [-0.05, 0) is 56.1 Å². The Morgan fingerprint density at radius 2 is 1.74 bits per heavy atom. The van der Waals surface area contributed by atoms with Gasteiger partial charge in [0, 0.05) is 5.56 Å². The number of hydrogen-bond donors (Lipinski definition) is 3. The molecule has 1 aliphatic rings. The van der Waals surface area contributed by atoms with Crippen molar-refractivity contribution in [2.75, 3.05) is 18.8 Å². The molecule has 158 valence electrons. The molecule has 2 aromatic carbocycles. The molecular formula is C23H22N4O3S. The summed E-state index contributed by atoms with van der Waals surface area (Å²) in [4.78, 5) is 8.94. The van der Waals surface area contributed by atoms with Gasteiger partial charge in [0.05, 0.1) is 27.6 Å². The number of aromatic hydroxyl groups is 1. The lowest BCUT2D eigenvalue weighted by molar-refractivity contribution is 0.473. The van der Waals surface area contributed by atoms with E-state index in [0.717, 1.165) is 0 Å². The van der Waals surface area contributed by atoms with E-state index < -0.39 is 9.84 Å². The number of aromatic nitrogens is 2.